The average Bonchev–Trinajstić information content (AvgIpc) is 3.21. The van der Waals surface area contributed by atoms with E-state index in [2.05, 4.69) is 46.8 Å². The standard InChI is InChI=1S/C21H29N3O2S/c1-2-13-26-17-19-7-4-3-6-18(19)15-22-21(25)24-11-9-23(10-12-24)16-20-8-5-14-27-20/h3-8,14H,2,9-13,15-17H2,1H3,(H,22,25). The van der Waals surface area contributed by atoms with Crippen molar-refractivity contribution in [1.29, 1.82) is 0 Å². The summed E-state index contributed by atoms with van der Waals surface area (Å²) < 4.78 is 5.66. The van der Waals surface area contributed by atoms with E-state index < -0.39 is 0 Å². The van der Waals surface area contributed by atoms with Crippen molar-refractivity contribution in [3.8, 4) is 0 Å². The quantitative estimate of drug-likeness (QED) is 0.703. The fourth-order valence-electron chi connectivity index (χ4n) is 3.21. The van der Waals surface area contributed by atoms with Crippen LogP contribution >= 0.6 is 11.3 Å². The first kappa shape index (κ1) is 19.9. The van der Waals surface area contributed by atoms with Crippen LogP contribution in [0.3, 0.4) is 0 Å². The fraction of sp³-hybridized carbons (Fsp3) is 0.476. The zero-order valence-electron chi connectivity index (χ0n) is 16.0. The molecule has 1 aliphatic heterocycles. The molecule has 1 aliphatic rings. The molecule has 0 spiro atoms. The van der Waals surface area contributed by atoms with Gasteiger partial charge in [-0.1, -0.05) is 37.3 Å². The summed E-state index contributed by atoms with van der Waals surface area (Å²) in [4.78, 5) is 18.2. The van der Waals surface area contributed by atoms with Gasteiger partial charge in [0.2, 0.25) is 0 Å². The molecule has 27 heavy (non-hydrogen) atoms. The SMILES string of the molecule is CCCOCc1ccccc1CNC(=O)N1CCN(Cc2cccs2)CC1. The summed E-state index contributed by atoms with van der Waals surface area (Å²) in [6, 6.07) is 12.4. The summed E-state index contributed by atoms with van der Waals surface area (Å²) in [5.74, 6) is 0. The van der Waals surface area contributed by atoms with Gasteiger partial charge in [0, 0.05) is 50.8 Å². The Labute approximate surface area is 165 Å². The van der Waals surface area contributed by atoms with Crippen molar-refractivity contribution in [2.24, 2.45) is 0 Å². The van der Waals surface area contributed by atoms with Gasteiger partial charge in [0.15, 0.2) is 0 Å². The molecule has 1 aromatic heterocycles. The second kappa shape index (κ2) is 10.4. The predicted molar refractivity (Wildman–Crippen MR) is 110 cm³/mol. The molecule has 0 atom stereocenters. The van der Waals surface area contributed by atoms with Crippen LogP contribution in [0.15, 0.2) is 41.8 Å². The number of hydrogen-bond acceptors (Lipinski definition) is 4. The van der Waals surface area contributed by atoms with E-state index in [4.69, 9.17) is 4.74 Å². The minimum atomic E-state index is 0.0232. The minimum Gasteiger partial charge on any atom is -0.377 e. The van der Waals surface area contributed by atoms with E-state index in [0.717, 1.165) is 56.9 Å². The second-order valence-corrected chi connectivity index (χ2v) is 7.85. The Kier molecular flexibility index (Phi) is 7.68. The number of urea groups is 1. The Hall–Kier alpha value is -1.89. The fourth-order valence-corrected chi connectivity index (χ4v) is 3.96. The van der Waals surface area contributed by atoms with E-state index in [-0.39, 0.29) is 6.03 Å². The lowest BCUT2D eigenvalue weighted by Crippen LogP contribution is -2.51. The van der Waals surface area contributed by atoms with Crippen LogP contribution in [-0.4, -0.2) is 48.6 Å². The minimum absolute atomic E-state index is 0.0232. The van der Waals surface area contributed by atoms with Gasteiger partial charge in [0.25, 0.3) is 0 Å². The molecule has 0 aliphatic carbocycles. The Morgan fingerprint density at radius 2 is 1.89 bits per heavy atom. The van der Waals surface area contributed by atoms with Gasteiger partial charge in [-0.25, -0.2) is 4.79 Å². The number of carbonyl (C=O) groups is 1. The van der Waals surface area contributed by atoms with Crippen molar-refractivity contribution in [1.82, 2.24) is 15.1 Å². The van der Waals surface area contributed by atoms with E-state index in [1.807, 2.05) is 17.0 Å². The van der Waals surface area contributed by atoms with Crippen LogP contribution in [-0.2, 0) is 24.4 Å². The number of carbonyl (C=O) groups excluding carboxylic acids is 1. The number of ether oxygens (including phenoxy) is 1. The van der Waals surface area contributed by atoms with Crippen molar-refractivity contribution in [3.63, 3.8) is 0 Å². The molecule has 2 aromatic rings. The first-order valence-corrected chi connectivity index (χ1v) is 10.6. The number of piperazine rings is 1. The van der Waals surface area contributed by atoms with E-state index in [0.29, 0.717) is 13.2 Å². The number of rotatable bonds is 8. The zero-order valence-corrected chi connectivity index (χ0v) is 16.8. The number of benzene rings is 1. The summed E-state index contributed by atoms with van der Waals surface area (Å²) in [7, 11) is 0. The molecule has 1 N–H and O–H groups in total. The van der Waals surface area contributed by atoms with Gasteiger partial charge in [-0.15, -0.1) is 11.3 Å². The third-order valence-electron chi connectivity index (χ3n) is 4.77. The first-order valence-electron chi connectivity index (χ1n) is 9.68. The molecule has 0 radical (unpaired) electrons. The summed E-state index contributed by atoms with van der Waals surface area (Å²) in [5.41, 5.74) is 2.27. The van der Waals surface area contributed by atoms with Crippen LogP contribution in [0.4, 0.5) is 4.79 Å². The third-order valence-corrected chi connectivity index (χ3v) is 5.63. The van der Waals surface area contributed by atoms with Gasteiger partial charge >= 0.3 is 6.03 Å². The van der Waals surface area contributed by atoms with Crippen LogP contribution in [0.2, 0.25) is 0 Å². The summed E-state index contributed by atoms with van der Waals surface area (Å²) in [6.07, 6.45) is 1.01. The highest BCUT2D eigenvalue weighted by atomic mass is 32.1. The van der Waals surface area contributed by atoms with Crippen molar-refractivity contribution in [2.45, 2.75) is 33.0 Å². The zero-order chi connectivity index (χ0) is 18.9. The lowest BCUT2D eigenvalue weighted by molar-refractivity contribution is 0.120. The molecule has 1 aromatic carbocycles. The molecule has 6 heteroatoms. The van der Waals surface area contributed by atoms with Gasteiger partial charge < -0.3 is 15.0 Å². The molecule has 0 bridgehead atoms. The van der Waals surface area contributed by atoms with Crippen LogP contribution in [0, 0.1) is 0 Å². The van der Waals surface area contributed by atoms with E-state index >= 15 is 0 Å². The maximum Gasteiger partial charge on any atom is 0.317 e. The van der Waals surface area contributed by atoms with Gasteiger partial charge in [0.1, 0.15) is 0 Å². The Balaban J connectivity index is 1.43. The van der Waals surface area contributed by atoms with E-state index in [9.17, 15) is 4.79 Å². The highest BCUT2D eigenvalue weighted by Gasteiger charge is 2.21. The van der Waals surface area contributed by atoms with Gasteiger partial charge in [-0.2, -0.15) is 0 Å². The van der Waals surface area contributed by atoms with E-state index in [1.165, 1.54) is 4.88 Å². The second-order valence-electron chi connectivity index (χ2n) is 6.82. The van der Waals surface area contributed by atoms with Crippen molar-refractivity contribution in [2.75, 3.05) is 32.8 Å². The molecule has 1 fully saturated rings. The van der Waals surface area contributed by atoms with Crippen molar-refractivity contribution < 1.29 is 9.53 Å². The Morgan fingerprint density at radius 1 is 1.11 bits per heavy atom. The topological polar surface area (TPSA) is 44.8 Å². The molecular weight excluding hydrogens is 358 g/mol. The maximum absolute atomic E-state index is 12.5. The van der Waals surface area contributed by atoms with Crippen LogP contribution < -0.4 is 5.32 Å². The molecule has 5 nitrogen and oxygen atoms in total. The lowest BCUT2D eigenvalue weighted by atomic mass is 10.1. The monoisotopic (exact) mass is 387 g/mol. The molecule has 3 rings (SSSR count). The van der Waals surface area contributed by atoms with E-state index in [1.54, 1.807) is 11.3 Å². The summed E-state index contributed by atoms with van der Waals surface area (Å²) in [5, 5.41) is 5.19. The Bertz CT molecular complexity index is 697. The number of amides is 2. The van der Waals surface area contributed by atoms with Crippen LogP contribution in [0.25, 0.3) is 0 Å². The van der Waals surface area contributed by atoms with Gasteiger partial charge in [0.05, 0.1) is 6.61 Å². The van der Waals surface area contributed by atoms with Gasteiger partial charge in [-0.3, -0.25) is 4.90 Å². The van der Waals surface area contributed by atoms with Gasteiger partial charge in [-0.05, 0) is 29.0 Å². The lowest BCUT2D eigenvalue weighted by Gasteiger charge is -2.34. The highest BCUT2D eigenvalue weighted by Crippen LogP contribution is 2.14. The molecule has 0 unspecified atom stereocenters. The predicted octanol–water partition coefficient (Wildman–Crippen LogP) is 3.70. The van der Waals surface area contributed by atoms with Crippen LogP contribution in [0.1, 0.15) is 29.3 Å². The maximum atomic E-state index is 12.5. The molecule has 146 valence electrons. The highest BCUT2D eigenvalue weighted by molar-refractivity contribution is 7.09. The number of thiophene rings is 1. The average molecular weight is 388 g/mol. The molecular formula is C21H29N3O2S. The molecule has 2 amide bonds. The number of hydrogen-bond donors (Lipinski definition) is 1. The molecule has 0 saturated carbocycles. The normalized spacial score (nSPS) is 15.1. The van der Waals surface area contributed by atoms with Crippen LogP contribution in [0.5, 0.6) is 0 Å². The number of nitrogens with one attached hydrogen (secondary N) is 1. The molecule has 1 saturated heterocycles. The summed E-state index contributed by atoms with van der Waals surface area (Å²) >= 11 is 1.79. The largest absolute Gasteiger partial charge is 0.377 e. The van der Waals surface area contributed by atoms with Crippen molar-refractivity contribution in [3.05, 3.63) is 57.8 Å². The first-order chi connectivity index (χ1) is 13.3. The Morgan fingerprint density at radius 3 is 2.59 bits per heavy atom. The summed E-state index contributed by atoms with van der Waals surface area (Å²) in [6.45, 7) is 8.39. The van der Waals surface area contributed by atoms with Crippen molar-refractivity contribution >= 4 is 17.4 Å². The number of nitrogens with zero attached hydrogens (tertiary/aromatic N) is 2. The molecule has 2 heterocycles. The third kappa shape index (κ3) is 6.06. The smallest absolute Gasteiger partial charge is 0.317 e.